The number of fused-ring (bicyclic) bond motifs is 1. The molecule has 0 atom stereocenters. The number of ketones is 1. The second kappa shape index (κ2) is 10.9. The van der Waals surface area contributed by atoms with Crippen molar-refractivity contribution < 1.29 is 9.53 Å². The number of carbonyl (C=O) groups is 1. The first kappa shape index (κ1) is 24.7. The van der Waals surface area contributed by atoms with Crippen LogP contribution in [0.5, 0.6) is 5.75 Å². The first-order chi connectivity index (χ1) is 16.3. The average Bonchev–Trinajstić information content (AvgIpc) is 3.14. The molecule has 1 aliphatic rings. The molecule has 2 N–H and O–H groups in total. The van der Waals surface area contributed by atoms with Gasteiger partial charge in [0.25, 0.3) is 0 Å². The number of carbonyl (C=O) groups excluding carboxylic acids is 1. The summed E-state index contributed by atoms with van der Waals surface area (Å²) in [5, 5.41) is 2.11. The molecule has 34 heavy (non-hydrogen) atoms. The third-order valence-electron chi connectivity index (χ3n) is 6.58. The van der Waals surface area contributed by atoms with Gasteiger partial charge in [0.1, 0.15) is 5.75 Å². The molecular formula is C29H38N2O2S. The quantitative estimate of drug-likeness (QED) is 0.262. The molecule has 4 nitrogen and oxygen atoms in total. The lowest BCUT2D eigenvalue weighted by Gasteiger charge is -2.36. The molecule has 1 aliphatic heterocycles. The number of unbranched alkanes of at least 4 members (excludes halogenated alkanes) is 1. The van der Waals surface area contributed by atoms with E-state index < -0.39 is 0 Å². The minimum absolute atomic E-state index is 0.206. The third-order valence-corrected chi connectivity index (χ3v) is 7.60. The molecule has 0 amide bonds. The van der Waals surface area contributed by atoms with Crippen LogP contribution in [0.3, 0.4) is 0 Å². The van der Waals surface area contributed by atoms with Crippen molar-refractivity contribution in [2.24, 2.45) is 5.41 Å². The summed E-state index contributed by atoms with van der Waals surface area (Å²) in [6.45, 7) is 10.9. The number of anilines is 1. The van der Waals surface area contributed by atoms with Crippen molar-refractivity contribution in [2.45, 2.75) is 58.8 Å². The fourth-order valence-electron chi connectivity index (χ4n) is 5.02. The highest BCUT2D eigenvalue weighted by molar-refractivity contribution is 7.22. The Morgan fingerprint density at radius 3 is 2.53 bits per heavy atom. The molecule has 1 saturated heterocycles. The zero-order valence-corrected chi connectivity index (χ0v) is 21.6. The normalized spacial score (nSPS) is 15.6. The third kappa shape index (κ3) is 6.39. The minimum atomic E-state index is 0.206. The van der Waals surface area contributed by atoms with Crippen LogP contribution >= 0.6 is 11.3 Å². The maximum atomic E-state index is 12.9. The molecule has 0 unspecified atom stereocenters. The average molecular weight is 479 g/mol. The van der Waals surface area contributed by atoms with Crippen LogP contribution in [-0.2, 0) is 0 Å². The predicted molar refractivity (Wildman–Crippen MR) is 144 cm³/mol. The molecule has 2 aromatic carbocycles. The summed E-state index contributed by atoms with van der Waals surface area (Å²) in [5.41, 5.74) is 8.92. The lowest BCUT2D eigenvalue weighted by atomic mass is 9.86. The second-order valence-corrected chi connectivity index (χ2v) is 11.8. The van der Waals surface area contributed by atoms with Gasteiger partial charge in [-0.25, -0.2) is 0 Å². The number of hydrogen-bond acceptors (Lipinski definition) is 5. The number of nitrogen functional groups attached to an aromatic ring is 1. The van der Waals surface area contributed by atoms with E-state index >= 15 is 0 Å². The number of likely N-dealkylation sites (tertiary alicyclic amines) is 1. The van der Waals surface area contributed by atoms with Gasteiger partial charge < -0.3 is 15.4 Å². The maximum absolute atomic E-state index is 12.9. The van der Waals surface area contributed by atoms with E-state index in [0.717, 1.165) is 61.6 Å². The van der Waals surface area contributed by atoms with Gasteiger partial charge in [-0.3, -0.25) is 4.79 Å². The van der Waals surface area contributed by atoms with E-state index in [9.17, 15) is 4.79 Å². The molecular weight excluding hydrogens is 440 g/mol. The van der Waals surface area contributed by atoms with Crippen LogP contribution in [0, 0.1) is 5.41 Å². The smallest absolute Gasteiger partial charge is 0.162 e. The van der Waals surface area contributed by atoms with Crippen molar-refractivity contribution in [2.75, 3.05) is 32.0 Å². The van der Waals surface area contributed by atoms with Crippen molar-refractivity contribution in [3.05, 3.63) is 59.7 Å². The van der Waals surface area contributed by atoms with Crippen molar-refractivity contribution >= 4 is 32.2 Å². The number of rotatable bonds is 9. The largest absolute Gasteiger partial charge is 0.494 e. The van der Waals surface area contributed by atoms with Gasteiger partial charge in [0.15, 0.2) is 5.78 Å². The lowest BCUT2D eigenvalue weighted by molar-refractivity contribution is 0.0978. The number of benzene rings is 2. The molecule has 0 aliphatic carbocycles. The van der Waals surface area contributed by atoms with Gasteiger partial charge in [-0.05, 0) is 91.4 Å². The Labute approximate surface area is 208 Å². The molecule has 2 heterocycles. The second-order valence-electron chi connectivity index (χ2n) is 10.7. The number of Topliss-reactive ketones (excluding diaryl/α,β-unsaturated/α-hetero) is 1. The molecule has 5 heteroatoms. The van der Waals surface area contributed by atoms with Crippen LogP contribution in [0.15, 0.2) is 48.5 Å². The molecule has 0 bridgehead atoms. The Morgan fingerprint density at radius 2 is 1.82 bits per heavy atom. The number of nitrogens with zero attached hydrogens (tertiary/aromatic N) is 1. The fraction of sp³-hybridized carbons (Fsp3) is 0.483. The summed E-state index contributed by atoms with van der Waals surface area (Å²) in [6, 6.07) is 16.0. The van der Waals surface area contributed by atoms with Gasteiger partial charge in [0.2, 0.25) is 0 Å². The van der Waals surface area contributed by atoms with Gasteiger partial charge in [0.05, 0.1) is 11.6 Å². The zero-order chi connectivity index (χ0) is 24.1. The highest BCUT2D eigenvalue weighted by atomic mass is 32.1. The summed E-state index contributed by atoms with van der Waals surface area (Å²) in [6.07, 6.45) is 4.50. The molecule has 182 valence electrons. The van der Waals surface area contributed by atoms with E-state index in [0.29, 0.717) is 24.4 Å². The van der Waals surface area contributed by atoms with Crippen LogP contribution in [-0.4, -0.2) is 36.9 Å². The van der Waals surface area contributed by atoms with Gasteiger partial charge in [-0.1, -0.05) is 39.0 Å². The van der Waals surface area contributed by atoms with E-state index in [2.05, 4.69) is 37.8 Å². The Morgan fingerprint density at radius 1 is 1.09 bits per heavy atom. The first-order valence-electron chi connectivity index (χ1n) is 12.6. The van der Waals surface area contributed by atoms with Crippen LogP contribution < -0.4 is 10.5 Å². The van der Waals surface area contributed by atoms with Crippen molar-refractivity contribution in [3.8, 4) is 5.75 Å². The van der Waals surface area contributed by atoms with Gasteiger partial charge in [-0.15, -0.1) is 11.3 Å². The van der Waals surface area contributed by atoms with Gasteiger partial charge in [0, 0.05) is 23.2 Å². The summed E-state index contributed by atoms with van der Waals surface area (Å²) >= 11 is 1.66. The zero-order valence-electron chi connectivity index (χ0n) is 20.8. The molecule has 0 spiro atoms. The number of piperidine rings is 1. The number of thiophene rings is 1. The van der Waals surface area contributed by atoms with Crippen LogP contribution in [0.25, 0.3) is 10.1 Å². The summed E-state index contributed by atoms with van der Waals surface area (Å²) < 4.78 is 6.94. The van der Waals surface area contributed by atoms with E-state index in [-0.39, 0.29) is 5.78 Å². The Bertz CT molecular complexity index is 1090. The number of hydrogen-bond donors (Lipinski definition) is 1. The molecule has 1 aromatic heterocycles. The van der Waals surface area contributed by atoms with Gasteiger partial charge >= 0.3 is 0 Å². The topological polar surface area (TPSA) is 55.6 Å². The fourth-order valence-corrected chi connectivity index (χ4v) is 6.06. The number of ether oxygens (including phenoxy) is 1. The van der Waals surface area contributed by atoms with E-state index in [1.807, 2.05) is 36.4 Å². The van der Waals surface area contributed by atoms with Crippen molar-refractivity contribution in [1.82, 2.24) is 4.90 Å². The first-order valence-corrected chi connectivity index (χ1v) is 13.4. The SMILES string of the molecule is CC(C)(C)CN1CCC(c2c(N)sc3ccc(C(=O)CCCCOc4ccccc4)cc23)CC1. The molecule has 4 rings (SSSR count). The standard InChI is InChI=1S/C29H38N2O2S/c1-29(2,3)20-31-16-14-21(15-17-31)27-24-19-22(12-13-26(24)34-28(27)30)25(32)11-7-8-18-33-23-9-5-4-6-10-23/h4-6,9-10,12-13,19,21H,7-8,11,14-18,20,30H2,1-3H3. The molecule has 1 fully saturated rings. The number of para-hydroxylation sites is 1. The van der Waals surface area contributed by atoms with E-state index in [1.165, 1.54) is 15.6 Å². The van der Waals surface area contributed by atoms with Gasteiger partial charge in [-0.2, -0.15) is 0 Å². The van der Waals surface area contributed by atoms with E-state index in [1.54, 1.807) is 11.3 Å². The summed E-state index contributed by atoms with van der Waals surface area (Å²) in [5.74, 6) is 1.56. The summed E-state index contributed by atoms with van der Waals surface area (Å²) in [7, 11) is 0. The monoisotopic (exact) mass is 478 g/mol. The predicted octanol–water partition coefficient (Wildman–Crippen LogP) is 7.14. The van der Waals surface area contributed by atoms with Crippen LogP contribution in [0.1, 0.15) is 74.7 Å². The molecule has 3 aromatic rings. The summed E-state index contributed by atoms with van der Waals surface area (Å²) in [4.78, 5) is 15.5. The molecule has 0 saturated carbocycles. The minimum Gasteiger partial charge on any atom is -0.494 e. The Hall–Kier alpha value is -2.37. The maximum Gasteiger partial charge on any atom is 0.162 e. The molecule has 0 radical (unpaired) electrons. The van der Waals surface area contributed by atoms with Crippen LogP contribution in [0.4, 0.5) is 5.00 Å². The highest BCUT2D eigenvalue weighted by Crippen LogP contribution is 2.43. The number of nitrogens with two attached hydrogens (primary N) is 1. The Balaban J connectivity index is 1.35. The highest BCUT2D eigenvalue weighted by Gasteiger charge is 2.27. The van der Waals surface area contributed by atoms with Crippen molar-refractivity contribution in [3.63, 3.8) is 0 Å². The van der Waals surface area contributed by atoms with E-state index in [4.69, 9.17) is 10.5 Å². The Kier molecular flexibility index (Phi) is 7.95. The van der Waals surface area contributed by atoms with Crippen molar-refractivity contribution in [1.29, 1.82) is 0 Å². The lowest BCUT2D eigenvalue weighted by Crippen LogP contribution is -2.38. The van der Waals surface area contributed by atoms with Crippen LogP contribution in [0.2, 0.25) is 0 Å².